The lowest BCUT2D eigenvalue weighted by Gasteiger charge is -2.07. The van der Waals surface area contributed by atoms with Crippen molar-refractivity contribution in [2.75, 3.05) is 11.6 Å². The molecule has 0 bridgehead atoms. The number of nitrogens with one attached hydrogen (secondary N) is 2. The molecule has 122 valence electrons. The predicted octanol–water partition coefficient (Wildman–Crippen LogP) is 4.39. The molecule has 0 spiro atoms. The molecular weight excluding hydrogens is 322 g/mol. The Kier molecular flexibility index (Phi) is 5.18. The number of aromatic nitrogens is 1. The van der Waals surface area contributed by atoms with Gasteiger partial charge in [0.1, 0.15) is 0 Å². The van der Waals surface area contributed by atoms with Crippen LogP contribution in [0.15, 0.2) is 70.1 Å². The predicted molar refractivity (Wildman–Crippen MR) is 96.0 cm³/mol. The number of amides is 2. The Labute approximate surface area is 144 Å². The maximum atomic E-state index is 12.0. The first-order chi connectivity index (χ1) is 11.7. The van der Waals surface area contributed by atoms with Crippen molar-refractivity contribution in [1.82, 2.24) is 10.3 Å². The number of nitrogens with zero attached hydrogens (tertiary/aromatic N) is 1. The van der Waals surface area contributed by atoms with Crippen molar-refractivity contribution in [1.29, 1.82) is 0 Å². The number of rotatable bonds is 5. The molecule has 0 aliphatic heterocycles. The van der Waals surface area contributed by atoms with E-state index in [-0.39, 0.29) is 12.6 Å². The fourth-order valence-electron chi connectivity index (χ4n) is 2.16. The SMILES string of the molecule is CSc1cccc(NC(=O)NCc2ncc(-c3ccccc3)o2)c1. The maximum absolute atomic E-state index is 12.0. The van der Waals surface area contributed by atoms with Crippen LogP contribution >= 0.6 is 11.8 Å². The molecule has 1 heterocycles. The molecule has 0 aliphatic carbocycles. The van der Waals surface area contributed by atoms with E-state index in [4.69, 9.17) is 4.42 Å². The van der Waals surface area contributed by atoms with Gasteiger partial charge in [-0.2, -0.15) is 0 Å². The summed E-state index contributed by atoms with van der Waals surface area (Å²) in [5.74, 6) is 1.14. The van der Waals surface area contributed by atoms with Gasteiger partial charge in [0.05, 0.1) is 12.7 Å². The Morgan fingerprint density at radius 1 is 1.17 bits per heavy atom. The van der Waals surface area contributed by atoms with Crippen molar-refractivity contribution in [2.24, 2.45) is 0 Å². The van der Waals surface area contributed by atoms with Crippen LogP contribution in [0.2, 0.25) is 0 Å². The molecule has 3 aromatic rings. The third kappa shape index (κ3) is 4.17. The number of oxazole rings is 1. The fourth-order valence-corrected chi connectivity index (χ4v) is 2.62. The molecule has 0 aliphatic rings. The van der Waals surface area contributed by atoms with E-state index in [9.17, 15) is 4.79 Å². The summed E-state index contributed by atoms with van der Waals surface area (Å²) in [6, 6.07) is 17.1. The third-order valence-electron chi connectivity index (χ3n) is 3.34. The molecule has 6 heteroatoms. The Morgan fingerprint density at radius 3 is 2.79 bits per heavy atom. The van der Waals surface area contributed by atoms with Crippen LogP contribution in [-0.4, -0.2) is 17.3 Å². The molecule has 5 nitrogen and oxygen atoms in total. The second kappa shape index (κ2) is 7.70. The van der Waals surface area contributed by atoms with E-state index in [1.807, 2.05) is 60.9 Å². The molecule has 0 fully saturated rings. The van der Waals surface area contributed by atoms with E-state index >= 15 is 0 Å². The van der Waals surface area contributed by atoms with E-state index in [2.05, 4.69) is 15.6 Å². The van der Waals surface area contributed by atoms with Gasteiger partial charge in [-0.1, -0.05) is 36.4 Å². The number of carbonyl (C=O) groups is 1. The van der Waals surface area contributed by atoms with Crippen LogP contribution in [0.3, 0.4) is 0 Å². The zero-order chi connectivity index (χ0) is 16.8. The normalized spacial score (nSPS) is 10.4. The molecule has 2 amide bonds. The van der Waals surface area contributed by atoms with Gasteiger partial charge in [-0.15, -0.1) is 11.8 Å². The molecule has 0 saturated carbocycles. The molecule has 0 radical (unpaired) electrons. The summed E-state index contributed by atoms with van der Waals surface area (Å²) in [7, 11) is 0. The molecule has 3 rings (SSSR count). The number of benzene rings is 2. The lowest BCUT2D eigenvalue weighted by Crippen LogP contribution is -2.28. The number of anilines is 1. The molecule has 0 atom stereocenters. The van der Waals surface area contributed by atoms with Gasteiger partial charge >= 0.3 is 6.03 Å². The van der Waals surface area contributed by atoms with Crippen LogP contribution in [-0.2, 0) is 6.54 Å². The second-order valence-electron chi connectivity index (χ2n) is 5.02. The van der Waals surface area contributed by atoms with Crippen molar-refractivity contribution < 1.29 is 9.21 Å². The Balaban J connectivity index is 1.56. The number of hydrogen-bond acceptors (Lipinski definition) is 4. The minimum Gasteiger partial charge on any atom is -0.439 e. The third-order valence-corrected chi connectivity index (χ3v) is 4.06. The van der Waals surface area contributed by atoms with Crippen LogP contribution in [0, 0.1) is 0 Å². The molecule has 0 unspecified atom stereocenters. The average Bonchev–Trinajstić information content (AvgIpc) is 3.10. The molecule has 24 heavy (non-hydrogen) atoms. The maximum Gasteiger partial charge on any atom is 0.319 e. The van der Waals surface area contributed by atoms with Crippen molar-refractivity contribution >= 4 is 23.5 Å². The number of thioether (sulfide) groups is 1. The van der Waals surface area contributed by atoms with E-state index in [1.165, 1.54) is 0 Å². The van der Waals surface area contributed by atoms with Crippen molar-refractivity contribution in [3.8, 4) is 11.3 Å². The number of hydrogen-bond donors (Lipinski definition) is 2. The van der Waals surface area contributed by atoms with E-state index in [0.29, 0.717) is 11.7 Å². The number of urea groups is 1. The largest absolute Gasteiger partial charge is 0.439 e. The monoisotopic (exact) mass is 339 g/mol. The minimum atomic E-state index is -0.298. The van der Waals surface area contributed by atoms with Crippen LogP contribution in [0.1, 0.15) is 5.89 Å². The van der Waals surface area contributed by atoms with Gasteiger partial charge in [-0.3, -0.25) is 0 Å². The van der Waals surface area contributed by atoms with E-state index < -0.39 is 0 Å². The highest BCUT2D eigenvalue weighted by Gasteiger charge is 2.08. The first-order valence-electron chi connectivity index (χ1n) is 7.43. The standard InChI is InChI=1S/C18H17N3O2S/c1-24-15-9-5-8-14(10-15)21-18(22)20-12-17-19-11-16(23-17)13-6-3-2-4-7-13/h2-11H,12H2,1H3,(H2,20,21,22). The summed E-state index contributed by atoms with van der Waals surface area (Å²) in [5, 5.41) is 5.53. The average molecular weight is 339 g/mol. The Bertz CT molecular complexity index is 818. The summed E-state index contributed by atoms with van der Waals surface area (Å²) in [6.07, 6.45) is 3.65. The molecular formula is C18H17N3O2S. The Morgan fingerprint density at radius 2 is 2.00 bits per heavy atom. The van der Waals surface area contributed by atoms with Gasteiger partial charge in [0, 0.05) is 16.1 Å². The van der Waals surface area contributed by atoms with Crippen LogP contribution in [0.25, 0.3) is 11.3 Å². The lowest BCUT2D eigenvalue weighted by molar-refractivity contribution is 0.250. The van der Waals surface area contributed by atoms with Gasteiger partial charge < -0.3 is 15.1 Å². The quantitative estimate of drug-likeness (QED) is 0.677. The zero-order valence-electron chi connectivity index (χ0n) is 13.2. The molecule has 0 saturated heterocycles. The highest BCUT2D eigenvalue weighted by Crippen LogP contribution is 2.20. The van der Waals surface area contributed by atoms with Crippen LogP contribution in [0.4, 0.5) is 10.5 Å². The summed E-state index contributed by atoms with van der Waals surface area (Å²) < 4.78 is 5.65. The summed E-state index contributed by atoms with van der Waals surface area (Å²) >= 11 is 1.62. The summed E-state index contributed by atoms with van der Waals surface area (Å²) in [6.45, 7) is 0.223. The van der Waals surface area contributed by atoms with Gasteiger partial charge in [-0.05, 0) is 24.5 Å². The van der Waals surface area contributed by atoms with Crippen molar-refractivity contribution in [3.05, 3.63) is 66.7 Å². The molecule has 2 aromatic carbocycles. The Hall–Kier alpha value is -2.73. The second-order valence-corrected chi connectivity index (χ2v) is 5.90. The van der Waals surface area contributed by atoms with E-state index in [1.54, 1.807) is 18.0 Å². The first-order valence-corrected chi connectivity index (χ1v) is 8.66. The summed E-state index contributed by atoms with van der Waals surface area (Å²) in [5.41, 5.74) is 1.70. The smallest absolute Gasteiger partial charge is 0.319 e. The highest BCUT2D eigenvalue weighted by atomic mass is 32.2. The topological polar surface area (TPSA) is 67.2 Å². The van der Waals surface area contributed by atoms with Crippen molar-refractivity contribution in [2.45, 2.75) is 11.4 Å². The highest BCUT2D eigenvalue weighted by molar-refractivity contribution is 7.98. The van der Waals surface area contributed by atoms with E-state index in [0.717, 1.165) is 16.1 Å². The number of carbonyl (C=O) groups excluding carboxylic acids is 1. The van der Waals surface area contributed by atoms with Gasteiger partial charge in [0.25, 0.3) is 0 Å². The van der Waals surface area contributed by atoms with Crippen LogP contribution < -0.4 is 10.6 Å². The zero-order valence-corrected chi connectivity index (χ0v) is 14.0. The van der Waals surface area contributed by atoms with Gasteiger partial charge in [0.15, 0.2) is 5.76 Å². The molecule has 1 aromatic heterocycles. The van der Waals surface area contributed by atoms with Crippen LogP contribution in [0.5, 0.6) is 0 Å². The first kappa shape index (κ1) is 16.1. The van der Waals surface area contributed by atoms with Gasteiger partial charge in [0.2, 0.25) is 5.89 Å². The van der Waals surface area contributed by atoms with Gasteiger partial charge in [-0.25, -0.2) is 9.78 Å². The minimum absolute atomic E-state index is 0.223. The summed E-state index contributed by atoms with van der Waals surface area (Å²) in [4.78, 5) is 17.2. The lowest BCUT2D eigenvalue weighted by atomic mass is 10.2. The molecule has 2 N–H and O–H groups in total. The van der Waals surface area contributed by atoms with Crippen molar-refractivity contribution in [3.63, 3.8) is 0 Å². The fraction of sp³-hybridized carbons (Fsp3) is 0.111.